The first-order valence-electron chi connectivity index (χ1n) is 9.70. The van der Waals surface area contributed by atoms with Gasteiger partial charge < -0.3 is 19.5 Å². The molecule has 7 nitrogen and oxygen atoms in total. The molecule has 2 aromatic rings. The van der Waals surface area contributed by atoms with Crippen LogP contribution in [0.2, 0.25) is 0 Å². The van der Waals surface area contributed by atoms with E-state index in [2.05, 4.69) is 21.2 Å². The van der Waals surface area contributed by atoms with Gasteiger partial charge in [-0.25, -0.2) is 9.59 Å². The van der Waals surface area contributed by atoms with Crippen molar-refractivity contribution in [2.75, 3.05) is 13.2 Å². The van der Waals surface area contributed by atoms with Crippen LogP contribution in [-0.2, 0) is 25.6 Å². The molecule has 2 rings (SSSR count). The van der Waals surface area contributed by atoms with Crippen molar-refractivity contribution < 1.29 is 28.6 Å². The van der Waals surface area contributed by atoms with E-state index < -0.39 is 30.3 Å². The number of carbonyl (C=O) groups excluding carboxylic acids is 3. The number of benzene rings is 2. The Morgan fingerprint density at radius 3 is 2.26 bits per heavy atom. The molecule has 0 aliphatic carbocycles. The summed E-state index contributed by atoms with van der Waals surface area (Å²) in [5.74, 6) is -1.15. The van der Waals surface area contributed by atoms with Gasteiger partial charge in [-0.2, -0.15) is 0 Å². The number of alkyl carbamates (subject to hydrolysis) is 1. The van der Waals surface area contributed by atoms with Crippen molar-refractivity contribution in [2.45, 2.75) is 39.0 Å². The third-order valence-electron chi connectivity index (χ3n) is 3.88. The minimum atomic E-state index is -1.13. The number of esters is 1. The predicted molar refractivity (Wildman–Crippen MR) is 119 cm³/mol. The normalized spacial score (nSPS) is 12.0. The van der Waals surface area contributed by atoms with Gasteiger partial charge in [-0.1, -0.05) is 58.4 Å². The number of halogens is 1. The largest absolute Gasteiger partial charge is 0.456 e. The van der Waals surface area contributed by atoms with Crippen LogP contribution in [0, 0.1) is 0 Å². The number of ketones is 1. The zero-order valence-electron chi connectivity index (χ0n) is 17.7. The van der Waals surface area contributed by atoms with Crippen molar-refractivity contribution >= 4 is 33.8 Å². The van der Waals surface area contributed by atoms with Crippen molar-refractivity contribution in [3.63, 3.8) is 0 Å². The van der Waals surface area contributed by atoms with Crippen LogP contribution in [0.1, 0.15) is 36.7 Å². The molecule has 31 heavy (non-hydrogen) atoms. The molecule has 0 saturated heterocycles. The summed E-state index contributed by atoms with van der Waals surface area (Å²) < 4.78 is 16.7. The Labute approximate surface area is 190 Å². The maximum Gasteiger partial charge on any atom is 0.408 e. The summed E-state index contributed by atoms with van der Waals surface area (Å²) in [5, 5.41) is 2.45. The molecule has 1 amide bonds. The van der Waals surface area contributed by atoms with Gasteiger partial charge in [0.2, 0.25) is 0 Å². The summed E-state index contributed by atoms with van der Waals surface area (Å²) in [4.78, 5) is 36.9. The van der Waals surface area contributed by atoms with E-state index in [1.165, 1.54) is 0 Å². The number of nitrogens with one attached hydrogen (secondary N) is 1. The SMILES string of the molecule is CC(C)(C)OC(=O)N[C@@H](COCc1ccccc1)C(=O)OCC(=O)c1ccc(Br)cc1. The van der Waals surface area contributed by atoms with Crippen LogP contribution in [-0.4, -0.2) is 42.7 Å². The molecule has 0 heterocycles. The molecule has 0 fully saturated rings. The Morgan fingerprint density at radius 1 is 1.00 bits per heavy atom. The fourth-order valence-electron chi connectivity index (χ4n) is 2.44. The summed E-state index contributed by atoms with van der Waals surface area (Å²) in [6, 6.07) is 15.0. The number of amides is 1. The van der Waals surface area contributed by atoms with Gasteiger partial charge in [0.15, 0.2) is 18.4 Å². The van der Waals surface area contributed by atoms with Crippen molar-refractivity contribution in [1.82, 2.24) is 5.32 Å². The topological polar surface area (TPSA) is 90.9 Å². The molecule has 0 radical (unpaired) electrons. The van der Waals surface area contributed by atoms with E-state index in [1.807, 2.05) is 30.3 Å². The third-order valence-corrected chi connectivity index (χ3v) is 4.41. The van der Waals surface area contributed by atoms with Crippen LogP contribution in [0.4, 0.5) is 4.79 Å². The molecule has 0 spiro atoms. The van der Waals surface area contributed by atoms with E-state index in [-0.39, 0.29) is 19.0 Å². The van der Waals surface area contributed by atoms with Crippen LogP contribution in [0.5, 0.6) is 0 Å². The van der Waals surface area contributed by atoms with Gasteiger partial charge in [0.25, 0.3) is 0 Å². The molecule has 0 unspecified atom stereocenters. The summed E-state index contributed by atoms with van der Waals surface area (Å²) in [7, 11) is 0. The van der Waals surface area contributed by atoms with Crippen molar-refractivity contribution in [1.29, 1.82) is 0 Å². The highest BCUT2D eigenvalue weighted by atomic mass is 79.9. The van der Waals surface area contributed by atoms with Gasteiger partial charge in [0.05, 0.1) is 13.2 Å². The molecule has 0 aliphatic heterocycles. The Kier molecular flexibility index (Phi) is 9.21. The van der Waals surface area contributed by atoms with Gasteiger partial charge in [0, 0.05) is 10.0 Å². The fraction of sp³-hybridized carbons (Fsp3) is 0.348. The Hall–Kier alpha value is -2.71. The molecule has 2 aromatic carbocycles. The van der Waals surface area contributed by atoms with Gasteiger partial charge in [-0.15, -0.1) is 0 Å². The number of rotatable bonds is 9. The lowest BCUT2D eigenvalue weighted by atomic mass is 10.1. The highest BCUT2D eigenvalue weighted by molar-refractivity contribution is 9.10. The maximum atomic E-state index is 12.5. The minimum Gasteiger partial charge on any atom is -0.456 e. The van der Waals surface area contributed by atoms with Crippen LogP contribution in [0.15, 0.2) is 59.1 Å². The second-order valence-electron chi connectivity index (χ2n) is 7.74. The number of hydrogen-bond donors (Lipinski definition) is 1. The first-order valence-corrected chi connectivity index (χ1v) is 10.5. The third kappa shape index (κ3) is 9.31. The molecule has 0 bridgehead atoms. The first kappa shape index (κ1) is 24.6. The van der Waals surface area contributed by atoms with Crippen LogP contribution in [0.3, 0.4) is 0 Å². The zero-order valence-corrected chi connectivity index (χ0v) is 19.3. The second-order valence-corrected chi connectivity index (χ2v) is 8.65. The lowest BCUT2D eigenvalue weighted by Gasteiger charge is -2.23. The molecule has 0 aromatic heterocycles. The Morgan fingerprint density at radius 2 is 1.65 bits per heavy atom. The van der Waals surface area contributed by atoms with Crippen molar-refractivity contribution in [2.24, 2.45) is 0 Å². The number of ether oxygens (including phenoxy) is 3. The fourth-order valence-corrected chi connectivity index (χ4v) is 2.71. The Bertz CT molecular complexity index is 877. The second kappa shape index (κ2) is 11.6. The molecule has 0 saturated carbocycles. The van der Waals surface area contributed by atoms with Crippen LogP contribution < -0.4 is 5.32 Å². The molecule has 8 heteroatoms. The average molecular weight is 492 g/mol. The Balaban J connectivity index is 1.95. The molecular weight excluding hydrogens is 466 g/mol. The van der Waals surface area contributed by atoms with E-state index >= 15 is 0 Å². The summed E-state index contributed by atoms with van der Waals surface area (Å²) in [6.07, 6.45) is -0.781. The number of hydrogen-bond acceptors (Lipinski definition) is 6. The van der Waals surface area contributed by atoms with Gasteiger partial charge in [-0.3, -0.25) is 4.79 Å². The van der Waals surface area contributed by atoms with Gasteiger partial charge in [0.1, 0.15) is 5.60 Å². The van der Waals surface area contributed by atoms with E-state index in [9.17, 15) is 14.4 Å². The molecular formula is C23H26BrNO6. The average Bonchev–Trinajstić information content (AvgIpc) is 2.71. The molecule has 1 atom stereocenters. The van der Waals surface area contributed by atoms with E-state index in [4.69, 9.17) is 14.2 Å². The first-order chi connectivity index (χ1) is 14.6. The summed E-state index contributed by atoms with van der Waals surface area (Å²) in [6.45, 7) is 4.79. The molecule has 0 aliphatic rings. The van der Waals surface area contributed by atoms with E-state index in [1.54, 1.807) is 45.0 Å². The predicted octanol–water partition coefficient (Wildman–Crippen LogP) is 4.29. The number of Topliss-reactive ketones (excluding diaryl/α,β-unsaturated/α-hetero) is 1. The standard InChI is InChI=1S/C23H26BrNO6/c1-23(2,3)31-22(28)25-19(14-29-13-16-7-5-4-6-8-16)21(27)30-15-20(26)17-9-11-18(24)12-10-17/h4-12,19H,13-15H2,1-3H3,(H,25,28)/t19-/m0/s1. The highest BCUT2D eigenvalue weighted by Gasteiger charge is 2.26. The quantitative estimate of drug-likeness (QED) is 0.415. The van der Waals surface area contributed by atoms with Crippen LogP contribution >= 0.6 is 15.9 Å². The van der Waals surface area contributed by atoms with Crippen molar-refractivity contribution in [3.05, 3.63) is 70.2 Å². The van der Waals surface area contributed by atoms with Gasteiger partial charge in [-0.05, 0) is 38.5 Å². The lowest BCUT2D eigenvalue weighted by Crippen LogP contribution is -2.47. The maximum absolute atomic E-state index is 12.5. The summed E-state index contributed by atoms with van der Waals surface area (Å²) >= 11 is 3.30. The number of carbonyl (C=O) groups is 3. The van der Waals surface area contributed by atoms with E-state index in [0.717, 1.165) is 10.0 Å². The smallest absolute Gasteiger partial charge is 0.408 e. The van der Waals surface area contributed by atoms with Crippen molar-refractivity contribution in [3.8, 4) is 0 Å². The molecule has 166 valence electrons. The van der Waals surface area contributed by atoms with Crippen LogP contribution in [0.25, 0.3) is 0 Å². The monoisotopic (exact) mass is 491 g/mol. The highest BCUT2D eigenvalue weighted by Crippen LogP contribution is 2.11. The van der Waals surface area contributed by atoms with Gasteiger partial charge >= 0.3 is 12.1 Å². The molecule has 1 N–H and O–H groups in total. The lowest BCUT2D eigenvalue weighted by molar-refractivity contribution is -0.146. The minimum absolute atomic E-state index is 0.139. The zero-order chi connectivity index (χ0) is 22.9. The summed E-state index contributed by atoms with van der Waals surface area (Å²) in [5.41, 5.74) is 0.589. The van der Waals surface area contributed by atoms with E-state index in [0.29, 0.717) is 5.56 Å².